The van der Waals surface area contributed by atoms with E-state index in [1.807, 2.05) is 31.2 Å². The number of fused-ring (bicyclic) bond motifs is 2. The first-order valence-electron chi connectivity index (χ1n) is 10.4. The molecule has 2 aromatic heterocycles. The van der Waals surface area contributed by atoms with Crippen molar-refractivity contribution in [3.63, 3.8) is 0 Å². The fourth-order valence-electron chi connectivity index (χ4n) is 3.74. The normalized spacial score (nSPS) is 13.4. The Hall–Kier alpha value is -3.26. The van der Waals surface area contributed by atoms with Crippen molar-refractivity contribution in [2.45, 2.75) is 39.8 Å². The van der Waals surface area contributed by atoms with E-state index in [-0.39, 0.29) is 23.4 Å². The quantitative estimate of drug-likeness (QED) is 0.389. The van der Waals surface area contributed by atoms with Crippen molar-refractivity contribution in [2.75, 3.05) is 0 Å². The lowest BCUT2D eigenvalue weighted by molar-refractivity contribution is 0.0920. The van der Waals surface area contributed by atoms with Gasteiger partial charge in [0.2, 0.25) is 0 Å². The number of amides is 1. The molecule has 1 amide bonds. The van der Waals surface area contributed by atoms with E-state index in [1.54, 1.807) is 18.2 Å². The van der Waals surface area contributed by atoms with Crippen LogP contribution in [-0.2, 0) is 6.54 Å². The van der Waals surface area contributed by atoms with Gasteiger partial charge in [-0.1, -0.05) is 32.4 Å². The summed E-state index contributed by atoms with van der Waals surface area (Å²) in [5.41, 5.74) is 2.65. The van der Waals surface area contributed by atoms with Crippen molar-refractivity contribution in [1.82, 2.24) is 24.8 Å². The number of carbonyl (C=O) groups excluding carboxylic acids is 1. The predicted octanol–water partition coefficient (Wildman–Crippen LogP) is 4.47. The van der Waals surface area contributed by atoms with Gasteiger partial charge in [-0.15, -0.1) is 0 Å². The lowest BCUT2D eigenvalue weighted by Gasteiger charge is -2.22. The summed E-state index contributed by atoms with van der Waals surface area (Å²) in [6.07, 6.45) is 0.878. The first-order valence-corrected chi connectivity index (χ1v) is 10.9. The summed E-state index contributed by atoms with van der Waals surface area (Å²) in [6.45, 7) is 6.52. The van der Waals surface area contributed by atoms with Crippen molar-refractivity contribution < 1.29 is 4.79 Å². The van der Waals surface area contributed by atoms with E-state index >= 15 is 0 Å². The third-order valence-electron chi connectivity index (χ3n) is 5.76. The van der Waals surface area contributed by atoms with Crippen LogP contribution >= 0.6 is 12.2 Å². The molecule has 2 heterocycles. The second kappa shape index (κ2) is 8.47. The summed E-state index contributed by atoms with van der Waals surface area (Å²) >= 11 is 5.28. The number of benzene rings is 2. The smallest absolute Gasteiger partial charge is 0.262 e. The zero-order chi connectivity index (χ0) is 22.1. The minimum Gasteiger partial charge on any atom is -0.342 e. The highest BCUT2D eigenvalue weighted by Gasteiger charge is 2.24. The summed E-state index contributed by atoms with van der Waals surface area (Å²) in [4.78, 5) is 36.8. The van der Waals surface area contributed by atoms with Crippen LogP contribution in [0.3, 0.4) is 0 Å². The van der Waals surface area contributed by atoms with Crippen LogP contribution in [0.4, 0.5) is 0 Å². The Bertz CT molecular complexity index is 1350. The van der Waals surface area contributed by atoms with Gasteiger partial charge in [0.05, 0.1) is 28.0 Å². The van der Waals surface area contributed by atoms with E-state index in [0.717, 1.165) is 23.3 Å². The first kappa shape index (κ1) is 21.0. The predicted molar refractivity (Wildman–Crippen MR) is 125 cm³/mol. The Kier molecular flexibility index (Phi) is 5.73. The Morgan fingerprint density at radius 1 is 1.16 bits per heavy atom. The number of imidazole rings is 1. The Morgan fingerprint density at radius 3 is 2.65 bits per heavy atom. The standard InChI is InChI=1S/C23H25N5O2S/c1-4-13(3)19(20-24-16-8-6-7-9-17(16)25-20)27-21(29)14-10-11-15-18(12-14)26-23(31)28(5-2)22(15)30/h6-13,19H,4-5H2,1-3H3,(H,24,25)(H,26,31)(H,27,29)/t13-,19-/m1/s1. The second-order valence-electron chi connectivity index (χ2n) is 7.72. The van der Waals surface area contributed by atoms with Crippen molar-refractivity contribution in [3.8, 4) is 0 Å². The molecule has 0 aliphatic heterocycles. The fraction of sp³-hybridized carbons (Fsp3) is 0.304. The monoisotopic (exact) mass is 435 g/mol. The first-order chi connectivity index (χ1) is 14.9. The van der Waals surface area contributed by atoms with Crippen molar-refractivity contribution in [1.29, 1.82) is 0 Å². The average Bonchev–Trinajstić information content (AvgIpc) is 3.20. The number of carbonyl (C=O) groups is 1. The summed E-state index contributed by atoms with van der Waals surface area (Å²) in [5, 5.41) is 3.62. The molecule has 0 spiro atoms. The van der Waals surface area contributed by atoms with Crippen LogP contribution in [0.2, 0.25) is 0 Å². The van der Waals surface area contributed by atoms with Crippen molar-refractivity contribution in [3.05, 3.63) is 69.0 Å². The van der Waals surface area contributed by atoms with Crippen LogP contribution in [0, 0.1) is 10.7 Å². The minimum absolute atomic E-state index is 0.159. The molecule has 2 aromatic carbocycles. The molecule has 0 unspecified atom stereocenters. The third kappa shape index (κ3) is 3.90. The molecular formula is C23H25N5O2S. The van der Waals surface area contributed by atoms with Gasteiger partial charge in [0.15, 0.2) is 4.77 Å². The molecular weight excluding hydrogens is 410 g/mol. The molecule has 0 bridgehead atoms. The summed E-state index contributed by atoms with van der Waals surface area (Å²) in [5.74, 6) is 0.675. The third-order valence-corrected chi connectivity index (χ3v) is 6.08. The zero-order valence-electron chi connectivity index (χ0n) is 17.7. The van der Waals surface area contributed by atoms with Crippen LogP contribution in [-0.4, -0.2) is 25.4 Å². The maximum atomic E-state index is 13.1. The number of hydrogen-bond acceptors (Lipinski definition) is 4. The molecule has 0 saturated carbocycles. The average molecular weight is 436 g/mol. The van der Waals surface area contributed by atoms with Crippen molar-refractivity contribution >= 4 is 40.1 Å². The lowest BCUT2D eigenvalue weighted by Crippen LogP contribution is -2.33. The number of aromatic nitrogens is 4. The molecule has 31 heavy (non-hydrogen) atoms. The van der Waals surface area contributed by atoms with Gasteiger partial charge in [-0.3, -0.25) is 14.2 Å². The van der Waals surface area contributed by atoms with Gasteiger partial charge in [0, 0.05) is 12.1 Å². The summed E-state index contributed by atoms with van der Waals surface area (Å²) in [7, 11) is 0. The van der Waals surface area contributed by atoms with E-state index in [9.17, 15) is 9.59 Å². The number of hydrogen-bond donors (Lipinski definition) is 3. The van der Waals surface area contributed by atoms with Crippen LogP contribution in [0.5, 0.6) is 0 Å². The Balaban J connectivity index is 1.69. The van der Waals surface area contributed by atoms with E-state index < -0.39 is 0 Å². The summed E-state index contributed by atoms with van der Waals surface area (Å²) < 4.78 is 1.84. The van der Waals surface area contributed by atoms with Gasteiger partial charge in [-0.05, 0) is 55.4 Å². The highest BCUT2D eigenvalue weighted by molar-refractivity contribution is 7.71. The number of aromatic amines is 2. The fourth-order valence-corrected chi connectivity index (χ4v) is 4.07. The van der Waals surface area contributed by atoms with E-state index in [1.165, 1.54) is 4.57 Å². The van der Waals surface area contributed by atoms with Gasteiger partial charge >= 0.3 is 0 Å². The molecule has 0 saturated heterocycles. The highest BCUT2D eigenvalue weighted by Crippen LogP contribution is 2.25. The molecule has 7 nitrogen and oxygen atoms in total. The highest BCUT2D eigenvalue weighted by atomic mass is 32.1. The maximum absolute atomic E-state index is 13.1. The number of rotatable bonds is 6. The molecule has 4 rings (SSSR count). The van der Waals surface area contributed by atoms with Crippen LogP contribution < -0.4 is 10.9 Å². The van der Waals surface area contributed by atoms with Crippen LogP contribution in [0.15, 0.2) is 47.3 Å². The topological polar surface area (TPSA) is 95.6 Å². The molecule has 0 aliphatic carbocycles. The van der Waals surface area contributed by atoms with E-state index in [4.69, 9.17) is 12.2 Å². The zero-order valence-corrected chi connectivity index (χ0v) is 18.5. The SMILES string of the molecule is CC[C@@H](C)[C@@H](NC(=O)c1ccc2c(=O)n(CC)c(=S)[nH]c2c1)c1nc2ccccc2[nH]1. The van der Waals surface area contributed by atoms with Crippen LogP contribution in [0.25, 0.3) is 21.9 Å². The Morgan fingerprint density at radius 2 is 1.94 bits per heavy atom. The van der Waals surface area contributed by atoms with E-state index in [0.29, 0.717) is 27.8 Å². The van der Waals surface area contributed by atoms with Gasteiger partial charge in [0.1, 0.15) is 5.82 Å². The number of H-pyrrole nitrogens is 2. The van der Waals surface area contributed by atoms with Gasteiger partial charge < -0.3 is 15.3 Å². The largest absolute Gasteiger partial charge is 0.342 e. The molecule has 3 N–H and O–H groups in total. The molecule has 4 aromatic rings. The van der Waals surface area contributed by atoms with Crippen LogP contribution in [0.1, 0.15) is 49.4 Å². The van der Waals surface area contributed by atoms with E-state index in [2.05, 4.69) is 34.1 Å². The maximum Gasteiger partial charge on any atom is 0.262 e. The molecule has 2 atom stereocenters. The Labute approximate surface area is 184 Å². The number of para-hydroxylation sites is 2. The molecule has 0 radical (unpaired) electrons. The second-order valence-corrected chi connectivity index (χ2v) is 8.10. The molecule has 0 aliphatic rings. The van der Waals surface area contributed by atoms with Gasteiger partial charge in [-0.25, -0.2) is 4.98 Å². The van der Waals surface area contributed by atoms with Crippen molar-refractivity contribution in [2.24, 2.45) is 5.92 Å². The molecule has 8 heteroatoms. The van der Waals surface area contributed by atoms with Gasteiger partial charge in [0.25, 0.3) is 11.5 Å². The minimum atomic E-state index is -0.271. The number of nitrogens with zero attached hydrogens (tertiary/aromatic N) is 2. The molecule has 160 valence electrons. The number of nitrogens with one attached hydrogen (secondary N) is 3. The lowest BCUT2D eigenvalue weighted by atomic mass is 9.98. The summed E-state index contributed by atoms with van der Waals surface area (Å²) in [6, 6.07) is 12.5. The molecule has 0 fully saturated rings. The van der Waals surface area contributed by atoms with Gasteiger partial charge in [-0.2, -0.15) is 0 Å².